The molecule has 0 atom stereocenters. The van der Waals surface area contributed by atoms with Gasteiger partial charge in [-0.05, 0) is 55.2 Å². The van der Waals surface area contributed by atoms with Gasteiger partial charge in [-0.2, -0.15) is 0 Å². The largest absolute Gasteiger partial charge is 0.477 e. The van der Waals surface area contributed by atoms with Gasteiger partial charge in [-0.1, -0.05) is 37.6 Å². The van der Waals surface area contributed by atoms with Crippen molar-refractivity contribution in [3.8, 4) is 11.1 Å². The van der Waals surface area contributed by atoms with E-state index in [0.717, 1.165) is 35.8 Å². The molecule has 0 saturated carbocycles. The number of hydrogen-bond acceptors (Lipinski definition) is 2. The van der Waals surface area contributed by atoms with Gasteiger partial charge in [0.25, 0.3) is 5.56 Å². The number of fused-ring (bicyclic) bond motifs is 1. The minimum absolute atomic E-state index is 0.0179. The van der Waals surface area contributed by atoms with Crippen molar-refractivity contribution in [2.24, 2.45) is 0 Å². The Morgan fingerprint density at radius 1 is 1.09 bits per heavy atom. The van der Waals surface area contributed by atoms with E-state index in [1.807, 2.05) is 19.1 Å². The summed E-state index contributed by atoms with van der Waals surface area (Å²) < 4.78 is 16.1. The molecule has 32 heavy (non-hydrogen) atoms. The SMILES string of the molecule is CCCCc1ccc2c(c1C)c(-c1ccc[nH]c1=O)c(C(=O)O)n2Cc1ccccc1F. The van der Waals surface area contributed by atoms with Crippen molar-refractivity contribution in [3.05, 3.63) is 93.3 Å². The minimum atomic E-state index is -1.16. The summed E-state index contributed by atoms with van der Waals surface area (Å²) in [6.07, 6.45) is 4.43. The normalized spacial score (nSPS) is 11.2. The lowest BCUT2D eigenvalue weighted by Crippen LogP contribution is -2.14. The number of carbonyl (C=O) groups is 1. The number of carboxylic acid groups (broad SMARTS) is 1. The number of unbranched alkanes of at least 4 members (excludes halogenated alkanes) is 1. The number of hydrogen-bond donors (Lipinski definition) is 2. The first-order valence-electron chi connectivity index (χ1n) is 10.7. The van der Waals surface area contributed by atoms with Gasteiger partial charge in [0.1, 0.15) is 11.5 Å². The number of benzene rings is 2. The van der Waals surface area contributed by atoms with Gasteiger partial charge in [0.15, 0.2) is 0 Å². The molecule has 0 aliphatic rings. The zero-order valence-electron chi connectivity index (χ0n) is 18.1. The highest BCUT2D eigenvalue weighted by Gasteiger charge is 2.27. The fraction of sp³-hybridized carbons (Fsp3) is 0.231. The molecule has 0 amide bonds. The van der Waals surface area contributed by atoms with Crippen LogP contribution in [0.2, 0.25) is 0 Å². The molecule has 0 saturated heterocycles. The Labute approximate surface area is 185 Å². The molecule has 4 aromatic rings. The molecule has 0 spiro atoms. The van der Waals surface area contributed by atoms with E-state index in [0.29, 0.717) is 16.6 Å². The van der Waals surface area contributed by atoms with Crippen LogP contribution in [-0.4, -0.2) is 20.6 Å². The van der Waals surface area contributed by atoms with Gasteiger partial charge in [-0.3, -0.25) is 4.79 Å². The predicted octanol–water partition coefficient (Wildman–Crippen LogP) is 5.53. The smallest absolute Gasteiger partial charge is 0.353 e. The molecule has 4 rings (SSSR count). The Kier molecular flexibility index (Phi) is 5.95. The molecule has 2 N–H and O–H groups in total. The van der Waals surface area contributed by atoms with Gasteiger partial charge in [0.2, 0.25) is 0 Å². The Hall–Kier alpha value is -3.67. The second kappa shape index (κ2) is 8.83. The van der Waals surface area contributed by atoms with Crippen LogP contribution >= 0.6 is 0 Å². The van der Waals surface area contributed by atoms with Crippen molar-refractivity contribution in [2.75, 3.05) is 0 Å². The lowest BCUT2D eigenvalue weighted by Gasteiger charge is -2.11. The number of aromatic nitrogens is 2. The zero-order valence-corrected chi connectivity index (χ0v) is 18.1. The van der Waals surface area contributed by atoms with E-state index >= 15 is 0 Å². The summed E-state index contributed by atoms with van der Waals surface area (Å²) in [5, 5.41) is 10.9. The van der Waals surface area contributed by atoms with Crippen LogP contribution in [0.25, 0.3) is 22.0 Å². The molecule has 2 heterocycles. The summed E-state index contributed by atoms with van der Waals surface area (Å²) >= 11 is 0. The standard InChI is InChI=1S/C26H25FN2O3/c1-3-4-8-17-12-13-21-22(16(17)2)23(19-10-7-14-28-25(19)30)24(26(31)32)29(21)15-18-9-5-6-11-20(18)27/h5-7,9-14H,3-4,8,15H2,1-2H3,(H,28,30)(H,31,32). The highest BCUT2D eigenvalue weighted by molar-refractivity contribution is 6.09. The first-order valence-corrected chi connectivity index (χ1v) is 10.7. The number of rotatable bonds is 7. The summed E-state index contributed by atoms with van der Waals surface area (Å²) in [6, 6.07) is 13.5. The molecule has 5 nitrogen and oxygen atoms in total. The van der Waals surface area contributed by atoms with Gasteiger partial charge in [0, 0.05) is 33.8 Å². The number of carboxylic acids is 1. The molecule has 164 valence electrons. The van der Waals surface area contributed by atoms with E-state index < -0.39 is 11.8 Å². The average Bonchev–Trinajstić information content (AvgIpc) is 3.10. The van der Waals surface area contributed by atoms with Crippen LogP contribution in [0.3, 0.4) is 0 Å². The Bertz CT molecular complexity index is 1370. The molecular formula is C26H25FN2O3. The lowest BCUT2D eigenvalue weighted by molar-refractivity contribution is 0.0687. The summed E-state index contributed by atoms with van der Waals surface area (Å²) in [6.45, 7) is 4.13. The first kappa shape index (κ1) is 21.6. The number of pyridine rings is 1. The molecule has 0 aliphatic heterocycles. The van der Waals surface area contributed by atoms with E-state index in [9.17, 15) is 19.1 Å². The maximum Gasteiger partial charge on any atom is 0.353 e. The lowest BCUT2D eigenvalue weighted by atomic mass is 9.94. The summed E-state index contributed by atoms with van der Waals surface area (Å²) in [5.41, 5.74) is 3.40. The molecule has 2 aromatic carbocycles. The number of H-pyrrole nitrogens is 1. The summed E-state index contributed by atoms with van der Waals surface area (Å²) in [4.78, 5) is 27.9. The molecule has 0 radical (unpaired) electrons. The number of aromatic amines is 1. The molecular weight excluding hydrogens is 407 g/mol. The van der Waals surface area contributed by atoms with Crippen LogP contribution < -0.4 is 5.56 Å². The third-order valence-electron chi connectivity index (χ3n) is 5.98. The zero-order chi connectivity index (χ0) is 22.8. The van der Waals surface area contributed by atoms with E-state index in [4.69, 9.17) is 0 Å². The van der Waals surface area contributed by atoms with E-state index in [1.165, 1.54) is 12.3 Å². The topological polar surface area (TPSA) is 75.1 Å². The number of nitrogens with zero attached hydrogens (tertiary/aromatic N) is 1. The van der Waals surface area contributed by atoms with Crippen LogP contribution in [0, 0.1) is 12.7 Å². The second-order valence-corrected chi connectivity index (χ2v) is 7.97. The number of nitrogens with one attached hydrogen (secondary N) is 1. The number of aryl methyl sites for hydroxylation is 2. The monoisotopic (exact) mass is 432 g/mol. The van der Waals surface area contributed by atoms with Crippen LogP contribution in [0.5, 0.6) is 0 Å². The molecule has 6 heteroatoms. The minimum Gasteiger partial charge on any atom is -0.477 e. The van der Waals surface area contributed by atoms with Gasteiger partial charge < -0.3 is 14.7 Å². The van der Waals surface area contributed by atoms with Crippen molar-refractivity contribution >= 4 is 16.9 Å². The van der Waals surface area contributed by atoms with Crippen LogP contribution in [0.1, 0.15) is 46.9 Å². The van der Waals surface area contributed by atoms with Gasteiger partial charge in [-0.25, -0.2) is 9.18 Å². The molecule has 0 aliphatic carbocycles. The Morgan fingerprint density at radius 3 is 2.56 bits per heavy atom. The first-order chi connectivity index (χ1) is 15.4. The maximum absolute atomic E-state index is 14.5. The molecule has 0 fully saturated rings. The third-order valence-corrected chi connectivity index (χ3v) is 5.98. The van der Waals surface area contributed by atoms with Crippen molar-refractivity contribution in [1.29, 1.82) is 0 Å². The average molecular weight is 432 g/mol. The maximum atomic E-state index is 14.5. The van der Waals surface area contributed by atoms with Crippen molar-refractivity contribution in [1.82, 2.24) is 9.55 Å². The second-order valence-electron chi connectivity index (χ2n) is 7.97. The Balaban J connectivity index is 2.09. The van der Waals surface area contributed by atoms with Crippen LogP contribution in [-0.2, 0) is 13.0 Å². The van der Waals surface area contributed by atoms with E-state index in [1.54, 1.807) is 34.9 Å². The molecule has 2 aromatic heterocycles. The van der Waals surface area contributed by atoms with Gasteiger partial charge in [-0.15, -0.1) is 0 Å². The Morgan fingerprint density at radius 2 is 1.88 bits per heavy atom. The predicted molar refractivity (Wildman–Crippen MR) is 124 cm³/mol. The van der Waals surface area contributed by atoms with Crippen LogP contribution in [0.15, 0.2) is 59.5 Å². The molecule has 0 unspecified atom stereocenters. The van der Waals surface area contributed by atoms with Crippen molar-refractivity contribution in [2.45, 2.75) is 39.7 Å². The number of halogens is 1. The van der Waals surface area contributed by atoms with Gasteiger partial charge in [0.05, 0.1) is 6.54 Å². The van der Waals surface area contributed by atoms with Gasteiger partial charge >= 0.3 is 5.97 Å². The number of aromatic carboxylic acids is 1. The van der Waals surface area contributed by atoms with E-state index in [-0.39, 0.29) is 23.4 Å². The third kappa shape index (κ3) is 3.73. The molecule has 0 bridgehead atoms. The fourth-order valence-electron chi connectivity index (χ4n) is 4.36. The van der Waals surface area contributed by atoms with Crippen LogP contribution in [0.4, 0.5) is 4.39 Å². The summed E-state index contributed by atoms with van der Waals surface area (Å²) in [5.74, 6) is -1.56. The van der Waals surface area contributed by atoms with E-state index in [2.05, 4.69) is 11.9 Å². The van der Waals surface area contributed by atoms with Crippen molar-refractivity contribution in [3.63, 3.8) is 0 Å². The summed E-state index contributed by atoms with van der Waals surface area (Å²) in [7, 11) is 0. The highest BCUT2D eigenvalue weighted by Crippen LogP contribution is 2.38. The quantitative estimate of drug-likeness (QED) is 0.403. The highest BCUT2D eigenvalue weighted by atomic mass is 19.1. The van der Waals surface area contributed by atoms with Crippen molar-refractivity contribution < 1.29 is 14.3 Å². The fourth-order valence-corrected chi connectivity index (χ4v) is 4.36.